The Morgan fingerprint density at radius 2 is 1.55 bits per heavy atom. The summed E-state index contributed by atoms with van der Waals surface area (Å²) < 4.78 is 0. The first-order chi connectivity index (χ1) is 15.2. The number of fused-ring (bicyclic) bond motifs is 7. The van der Waals surface area contributed by atoms with Gasteiger partial charge in [-0.15, -0.1) is 0 Å². The molecular weight excluding hydrogens is 408 g/mol. The molecule has 0 aromatic heterocycles. The number of ketones is 1. The smallest absolute Gasteiger partial charge is 0.136 e. The van der Waals surface area contributed by atoms with Crippen LogP contribution in [0.5, 0.6) is 0 Å². The van der Waals surface area contributed by atoms with Gasteiger partial charge in [0, 0.05) is 29.8 Å². The van der Waals surface area contributed by atoms with Crippen molar-refractivity contribution >= 4 is 5.78 Å². The first-order valence-corrected chi connectivity index (χ1v) is 14.0. The van der Waals surface area contributed by atoms with Crippen LogP contribution in [0.25, 0.3) is 0 Å². The van der Waals surface area contributed by atoms with Crippen molar-refractivity contribution in [1.29, 1.82) is 0 Å². The van der Waals surface area contributed by atoms with Crippen molar-refractivity contribution in [2.45, 2.75) is 119 Å². The van der Waals surface area contributed by atoms with Gasteiger partial charge in [-0.25, -0.2) is 0 Å². The van der Waals surface area contributed by atoms with E-state index < -0.39 is 6.10 Å². The van der Waals surface area contributed by atoms with Crippen molar-refractivity contribution in [3.05, 3.63) is 0 Å². The maximum absolute atomic E-state index is 12.8. The zero-order chi connectivity index (χ0) is 24.2. The van der Waals surface area contributed by atoms with Crippen LogP contribution in [0.2, 0.25) is 0 Å². The number of rotatable bonds is 1. The second-order valence-corrected chi connectivity index (χ2v) is 15.3. The normalized spacial score (nSPS) is 58.0. The van der Waals surface area contributed by atoms with Gasteiger partial charge in [0.1, 0.15) is 5.78 Å². The Kier molecular flexibility index (Phi) is 5.22. The third kappa shape index (κ3) is 2.85. The fourth-order valence-corrected chi connectivity index (χ4v) is 11.2. The van der Waals surface area contributed by atoms with E-state index in [9.17, 15) is 15.0 Å². The topological polar surface area (TPSA) is 57.5 Å². The summed E-state index contributed by atoms with van der Waals surface area (Å²) in [5.74, 6) is 1.59. The lowest BCUT2D eigenvalue weighted by Crippen LogP contribution is -2.71. The van der Waals surface area contributed by atoms with Crippen molar-refractivity contribution < 1.29 is 15.0 Å². The molecule has 0 saturated heterocycles. The number of aliphatic hydroxyl groups excluding tert-OH is 2. The zero-order valence-electron chi connectivity index (χ0n) is 22.5. The quantitative estimate of drug-likeness (QED) is 0.478. The Morgan fingerprint density at radius 1 is 0.879 bits per heavy atom. The predicted octanol–water partition coefficient (Wildman–Crippen LogP) is 6.40. The van der Waals surface area contributed by atoms with E-state index in [1.807, 2.05) is 0 Å². The molecule has 0 amide bonds. The van der Waals surface area contributed by atoms with Crippen LogP contribution in [-0.4, -0.2) is 28.7 Å². The van der Waals surface area contributed by atoms with Crippen LogP contribution >= 0.6 is 0 Å². The maximum Gasteiger partial charge on any atom is 0.136 e. The second kappa shape index (κ2) is 7.09. The average molecular weight is 459 g/mol. The molecule has 0 aliphatic heterocycles. The van der Waals surface area contributed by atoms with Gasteiger partial charge in [0.15, 0.2) is 0 Å². The Balaban J connectivity index is 1.61. The standard InChI is InChI=1S/C30H50O3/c1-19-20(32)8-9-21-27(5)13-14-28(6)23-17-25(2,3)10-11-26(23,4)12-15-30(28,18-31)22(27)16-24(33)29(19,21)7/h19,21-24,31,33H,8-18H2,1-7H3/t19-,21-,22-,23+,24+,26+,27-,28-,29+,30-/m0/s1. The Bertz CT molecular complexity index is 834. The molecular formula is C30H50O3. The van der Waals surface area contributed by atoms with E-state index in [4.69, 9.17) is 0 Å². The van der Waals surface area contributed by atoms with Crippen molar-refractivity contribution in [2.75, 3.05) is 6.61 Å². The molecule has 0 bridgehead atoms. The van der Waals surface area contributed by atoms with Crippen LogP contribution in [0.1, 0.15) is 113 Å². The molecule has 0 radical (unpaired) electrons. The summed E-state index contributed by atoms with van der Waals surface area (Å²) in [5.41, 5.74) is 0.495. The second-order valence-electron chi connectivity index (χ2n) is 15.3. The largest absolute Gasteiger partial charge is 0.396 e. The van der Waals surface area contributed by atoms with Gasteiger partial charge in [-0.3, -0.25) is 4.79 Å². The minimum Gasteiger partial charge on any atom is -0.396 e. The first kappa shape index (κ1) is 24.3. The molecule has 5 saturated carbocycles. The van der Waals surface area contributed by atoms with Crippen molar-refractivity contribution in [3.8, 4) is 0 Å². The predicted molar refractivity (Wildman–Crippen MR) is 133 cm³/mol. The fraction of sp³-hybridized carbons (Fsp3) is 0.967. The summed E-state index contributed by atoms with van der Waals surface area (Å²) in [6.45, 7) is 17.0. The molecule has 10 atom stereocenters. The summed E-state index contributed by atoms with van der Waals surface area (Å²) in [4.78, 5) is 12.8. The molecule has 0 spiro atoms. The van der Waals surface area contributed by atoms with E-state index in [-0.39, 0.29) is 34.2 Å². The van der Waals surface area contributed by atoms with Gasteiger partial charge in [0.2, 0.25) is 0 Å². The molecule has 0 aromatic carbocycles. The van der Waals surface area contributed by atoms with Gasteiger partial charge < -0.3 is 10.2 Å². The number of aliphatic hydroxyl groups is 2. The summed E-state index contributed by atoms with van der Waals surface area (Å²) in [7, 11) is 0. The van der Waals surface area contributed by atoms with Gasteiger partial charge >= 0.3 is 0 Å². The number of hydrogen-bond donors (Lipinski definition) is 2. The molecule has 5 aliphatic rings. The SMILES string of the molecule is C[C@H]1C(=O)CC[C@H]2[C@]3(C)CC[C@@]4(C)[C@@H]5CC(C)(C)CC[C@]5(C)CC[C@]4(CO)[C@H]3C[C@@H](O)[C@]12C. The first-order valence-electron chi connectivity index (χ1n) is 14.0. The van der Waals surface area contributed by atoms with E-state index >= 15 is 0 Å². The molecule has 5 rings (SSSR count). The van der Waals surface area contributed by atoms with Crippen molar-refractivity contribution in [1.82, 2.24) is 0 Å². The lowest BCUT2D eigenvalue weighted by atomic mass is 9.29. The number of carbonyl (C=O) groups excluding carboxylic acids is 1. The molecule has 3 nitrogen and oxygen atoms in total. The van der Waals surface area contributed by atoms with Crippen LogP contribution in [0, 0.1) is 56.2 Å². The third-order valence-corrected chi connectivity index (χ3v) is 13.8. The lowest BCUT2D eigenvalue weighted by Gasteiger charge is -2.75. The lowest BCUT2D eigenvalue weighted by molar-refractivity contribution is -0.288. The van der Waals surface area contributed by atoms with Gasteiger partial charge in [0.25, 0.3) is 0 Å². The molecule has 5 aliphatic carbocycles. The summed E-state index contributed by atoms with van der Waals surface area (Å²) in [6.07, 6.45) is 10.4. The summed E-state index contributed by atoms with van der Waals surface area (Å²) in [6, 6.07) is 0. The Hall–Kier alpha value is -0.410. The minimum atomic E-state index is -0.457. The molecule has 0 heterocycles. The third-order valence-electron chi connectivity index (χ3n) is 13.8. The van der Waals surface area contributed by atoms with Crippen LogP contribution in [0.3, 0.4) is 0 Å². The Labute approximate surface area is 202 Å². The van der Waals surface area contributed by atoms with Crippen LogP contribution < -0.4 is 0 Å². The highest BCUT2D eigenvalue weighted by Gasteiger charge is 2.73. The Morgan fingerprint density at radius 3 is 2.21 bits per heavy atom. The highest BCUT2D eigenvalue weighted by atomic mass is 16.3. The van der Waals surface area contributed by atoms with Gasteiger partial charge in [-0.1, -0.05) is 48.5 Å². The number of Topliss-reactive ketones (excluding diaryl/α,β-unsaturated/α-hetero) is 1. The average Bonchev–Trinajstić information content (AvgIpc) is 2.75. The van der Waals surface area contributed by atoms with E-state index in [1.54, 1.807) is 0 Å². The molecule has 2 N–H and O–H groups in total. The van der Waals surface area contributed by atoms with Crippen molar-refractivity contribution in [3.63, 3.8) is 0 Å². The summed E-state index contributed by atoms with van der Waals surface area (Å²) in [5, 5.41) is 23.0. The molecule has 33 heavy (non-hydrogen) atoms. The zero-order valence-corrected chi connectivity index (χ0v) is 22.5. The number of carbonyl (C=O) groups is 1. The molecule has 0 unspecified atom stereocenters. The van der Waals surface area contributed by atoms with E-state index in [1.165, 1.54) is 38.5 Å². The van der Waals surface area contributed by atoms with Crippen LogP contribution in [-0.2, 0) is 4.79 Å². The van der Waals surface area contributed by atoms with E-state index in [0.29, 0.717) is 40.8 Å². The van der Waals surface area contributed by atoms with Crippen LogP contribution in [0.4, 0.5) is 0 Å². The van der Waals surface area contributed by atoms with Gasteiger partial charge in [-0.05, 0) is 97.2 Å². The molecule has 188 valence electrons. The fourth-order valence-electron chi connectivity index (χ4n) is 11.2. The highest BCUT2D eigenvalue weighted by Crippen LogP contribution is 2.78. The number of hydrogen-bond acceptors (Lipinski definition) is 3. The van der Waals surface area contributed by atoms with E-state index in [2.05, 4.69) is 48.5 Å². The summed E-state index contributed by atoms with van der Waals surface area (Å²) >= 11 is 0. The monoisotopic (exact) mass is 458 g/mol. The molecule has 3 heteroatoms. The van der Waals surface area contributed by atoms with Crippen molar-refractivity contribution in [2.24, 2.45) is 56.2 Å². The molecule has 5 fully saturated rings. The molecule has 0 aromatic rings. The van der Waals surface area contributed by atoms with Gasteiger partial charge in [-0.2, -0.15) is 0 Å². The van der Waals surface area contributed by atoms with E-state index in [0.717, 1.165) is 19.3 Å². The van der Waals surface area contributed by atoms with Crippen LogP contribution in [0.15, 0.2) is 0 Å². The highest BCUT2D eigenvalue weighted by molar-refractivity contribution is 5.82. The van der Waals surface area contributed by atoms with Gasteiger partial charge in [0.05, 0.1) is 6.10 Å². The maximum atomic E-state index is 12.8. The minimum absolute atomic E-state index is 0.0730.